The first-order chi connectivity index (χ1) is 8.29. The summed E-state index contributed by atoms with van der Waals surface area (Å²) in [7, 11) is 0. The van der Waals surface area contributed by atoms with Gasteiger partial charge < -0.3 is 15.2 Å². The first kappa shape index (κ1) is 11.8. The summed E-state index contributed by atoms with van der Waals surface area (Å²) in [6, 6.07) is 3.95. The molecule has 6 heteroatoms. The van der Waals surface area contributed by atoms with E-state index >= 15 is 0 Å². The predicted molar refractivity (Wildman–Crippen MR) is 64.1 cm³/mol. The SMILES string of the molecule is Cc1ccn2nc(NCCOCCO)nc2c1. The van der Waals surface area contributed by atoms with Gasteiger partial charge in [0.25, 0.3) is 0 Å². The van der Waals surface area contributed by atoms with Gasteiger partial charge in [-0.3, -0.25) is 0 Å². The standard InChI is InChI=1S/C11H16N4O2/c1-9-2-4-15-10(8-9)13-11(14-15)12-3-6-17-7-5-16/h2,4,8,16H,3,5-7H2,1H3,(H,12,14). The Kier molecular flexibility index (Phi) is 3.89. The van der Waals surface area contributed by atoms with Crippen molar-refractivity contribution in [3.8, 4) is 0 Å². The molecule has 17 heavy (non-hydrogen) atoms. The van der Waals surface area contributed by atoms with Crippen LogP contribution in [0.15, 0.2) is 18.3 Å². The van der Waals surface area contributed by atoms with E-state index in [-0.39, 0.29) is 6.61 Å². The Morgan fingerprint density at radius 2 is 2.35 bits per heavy atom. The van der Waals surface area contributed by atoms with Crippen molar-refractivity contribution in [2.75, 3.05) is 31.7 Å². The number of hydrogen-bond acceptors (Lipinski definition) is 5. The van der Waals surface area contributed by atoms with E-state index in [1.807, 2.05) is 25.3 Å². The van der Waals surface area contributed by atoms with Gasteiger partial charge in [-0.05, 0) is 24.6 Å². The third-order valence-electron chi connectivity index (χ3n) is 2.26. The molecule has 0 aliphatic carbocycles. The molecule has 0 fully saturated rings. The second-order valence-corrected chi connectivity index (χ2v) is 3.71. The Morgan fingerprint density at radius 1 is 1.47 bits per heavy atom. The fourth-order valence-corrected chi connectivity index (χ4v) is 1.46. The number of pyridine rings is 1. The van der Waals surface area contributed by atoms with Crippen LogP contribution in [0.2, 0.25) is 0 Å². The maximum absolute atomic E-state index is 8.53. The van der Waals surface area contributed by atoms with Gasteiger partial charge in [-0.1, -0.05) is 0 Å². The lowest BCUT2D eigenvalue weighted by atomic mass is 10.3. The fraction of sp³-hybridized carbons (Fsp3) is 0.455. The van der Waals surface area contributed by atoms with Crippen molar-refractivity contribution in [2.24, 2.45) is 0 Å². The Bertz CT molecular complexity index is 483. The van der Waals surface area contributed by atoms with Crippen LogP contribution >= 0.6 is 0 Å². The summed E-state index contributed by atoms with van der Waals surface area (Å²) in [4.78, 5) is 4.33. The average Bonchev–Trinajstić information content (AvgIpc) is 2.70. The lowest BCUT2D eigenvalue weighted by Gasteiger charge is -2.01. The van der Waals surface area contributed by atoms with E-state index in [0.717, 1.165) is 11.2 Å². The molecule has 0 saturated carbocycles. The van der Waals surface area contributed by atoms with E-state index in [2.05, 4.69) is 15.4 Å². The zero-order valence-corrected chi connectivity index (χ0v) is 9.76. The van der Waals surface area contributed by atoms with E-state index < -0.39 is 0 Å². The zero-order chi connectivity index (χ0) is 12.1. The fourth-order valence-electron chi connectivity index (χ4n) is 1.46. The molecule has 2 N–H and O–H groups in total. The molecule has 0 spiro atoms. The lowest BCUT2D eigenvalue weighted by Crippen LogP contribution is -2.12. The van der Waals surface area contributed by atoms with Gasteiger partial charge in [0, 0.05) is 12.7 Å². The van der Waals surface area contributed by atoms with E-state index in [1.165, 1.54) is 0 Å². The van der Waals surface area contributed by atoms with Crippen LogP contribution in [0.5, 0.6) is 0 Å². The van der Waals surface area contributed by atoms with Crippen molar-refractivity contribution in [3.63, 3.8) is 0 Å². The molecule has 2 rings (SSSR count). The molecule has 6 nitrogen and oxygen atoms in total. The molecule has 2 heterocycles. The van der Waals surface area contributed by atoms with Crippen molar-refractivity contribution in [2.45, 2.75) is 6.92 Å². The number of aromatic nitrogens is 3. The number of aliphatic hydroxyl groups excluding tert-OH is 1. The second-order valence-electron chi connectivity index (χ2n) is 3.71. The largest absolute Gasteiger partial charge is 0.394 e. The molecule has 0 saturated heterocycles. The minimum Gasteiger partial charge on any atom is -0.394 e. The number of fused-ring (bicyclic) bond motifs is 1. The normalized spacial score (nSPS) is 10.9. The van der Waals surface area contributed by atoms with Crippen LogP contribution in [0.4, 0.5) is 5.95 Å². The van der Waals surface area contributed by atoms with Crippen molar-refractivity contribution in [3.05, 3.63) is 23.9 Å². The second kappa shape index (κ2) is 5.60. The van der Waals surface area contributed by atoms with Crippen LogP contribution in [0.1, 0.15) is 5.56 Å². The average molecular weight is 236 g/mol. The van der Waals surface area contributed by atoms with Gasteiger partial charge in [0.05, 0.1) is 19.8 Å². The van der Waals surface area contributed by atoms with Crippen LogP contribution < -0.4 is 5.32 Å². The lowest BCUT2D eigenvalue weighted by molar-refractivity contribution is 0.0991. The van der Waals surface area contributed by atoms with E-state index in [1.54, 1.807) is 4.52 Å². The number of hydrogen-bond donors (Lipinski definition) is 2. The number of anilines is 1. The molecule has 0 amide bonds. The van der Waals surface area contributed by atoms with E-state index in [4.69, 9.17) is 9.84 Å². The van der Waals surface area contributed by atoms with Crippen molar-refractivity contribution in [1.29, 1.82) is 0 Å². The molecule has 92 valence electrons. The monoisotopic (exact) mass is 236 g/mol. The first-order valence-corrected chi connectivity index (χ1v) is 5.55. The molecular formula is C11H16N4O2. The Hall–Kier alpha value is -1.66. The van der Waals surface area contributed by atoms with Gasteiger partial charge in [0.1, 0.15) is 0 Å². The van der Waals surface area contributed by atoms with E-state index in [0.29, 0.717) is 25.7 Å². The number of aryl methyl sites for hydroxylation is 1. The highest BCUT2D eigenvalue weighted by Crippen LogP contribution is 2.06. The molecule has 0 atom stereocenters. The highest BCUT2D eigenvalue weighted by atomic mass is 16.5. The molecule has 0 unspecified atom stereocenters. The van der Waals surface area contributed by atoms with Crippen LogP contribution in [-0.4, -0.2) is 46.1 Å². The van der Waals surface area contributed by atoms with Gasteiger partial charge >= 0.3 is 0 Å². The van der Waals surface area contributed by atoms with Gasteiger partial charge in [-0.25, -0.2) is 4.52 Å². The summed E-state index contributed by atoms with van der Waals surface area (Å²) >= 11 is 0. The summed E-state index contributed by atoms with van der Waals surface area (Å²) in [5.41, 5.74) is 1.98. The quantitative estimate of drug-likeness (QED) is 0.713. The van der Waals surface area contributed by atoms with Crippen LogP contribution in [0, 0.1) is 6.92 Å². The van der Waals surface area contributed by atoms with Gasteiger partial charge in [0.15, 0.2) is 5.65 Å². The van der Waals surface area contributed by atoms with Crippen LogP contribution in [0.3, 0.4) is 0 Å². The molecule has 0 bridgehead atoms. The number of rotatable bonds is 6. The topological polar surface area (TPSA) is 71.7 Å². The Labute approximate surface area is 99.2 Å². The third kappa shape index (κ3) is 3.15. The minimum atomic E-state index is 0.0475. The number of aliphatic hydroxyl groups is 1. The first-order valence-electron chi connectivity index (χ1n) is 5.55. The van der Waals surface area contributed by atoms with E-state index in [9.17, 15) is 0 Å². The molecule has 2 aromatic rings. The highest BCUT2D eigenvalue weighted by molar-refractivity contribution is 5.45. The number of nitrogens with zero attached hydrogens (tertiary/aromatic N) is 3. The summed E-state index contributed by atoms with van der Waals surface area (Å²) in [6.07, 6.45) is 1.88. The summed E-state index contributed by atoms with van der Waals surface area (Å²) in [6.45, 7) is 3.57. The zero-order valence-electron chi connectivity index (χ0n) is 9.76. The smallest absolute Gasteiger partial charge is 0.243 e. The molecule has 2 aromatic heterocycles. The predicted octanol–water partition coefficient (Wildman–Crippen LogP) is 0.459. The Morgan fingerprint density at radius 3 is 3.18 bits per heavy atom. The molecule has 0 radical (unpaired) electrons. The third-order valence-corrected chi connectivity index (χ3v) is 2.26. The van der Waals surface area contributed by atoms with Crippen LogP contribution in [-0.2, 0) is 4.74 Å². The maximum atomic E-state index is 8.53. The molecular weight excluding hydrogens is 220 g/mol. The van der Waals surface area contributed by atoms with Gasteiger partial charge in [-0.2, -0.15) is 4.98 Å². The summed E-state index contributed by atoms with van der Waals surface area (Å²) in [5.74, 6) is 0.586. The summed E-state index contributed by atoms with van der Waals surface area (Å²) in [5, 5.41) is 15.9. The molecule has 0 aliphatic heterocycles. The highest BCUT2D eigenvalue weighted by Gasteiger charge is 2.02. The molecule has 0 aromatic carbocycles. The van der Waals surface area contributed by atoms with Gasteiger partial charge in [-0.15, -0.1) is 5.10 Å². The summed E-state index contributed by atoms with van der Waals surface area (Å²) < 4.78 is 6.85. The van der Waals surface area contributed by atoms with Gasteiger partial charge in [0.2, 0.25) is 5.95 Å². The Balaban J connectivity index is 1.91. The van der Waals surface area contributed by atoms with Crippen LogP contribution in [0.25, 0.3) is 5.65 Å². The molecule has 0 aliphatic rings. The van der Waals surface area contributed by atoms with Crippen molar-refractivity contribution < 1.29 is 9.84 Å². The number of ether oxygens (including phenoxy) is 1. The maximum Gasteiger partial charge on any atom is 0.243 e. The minimum absolute atomic E-state index is 0.0475. The number of nitrogens with one attached hydrogen (secondary N) is 1. The van der Waals surface area contributed by atoms with Crippen molar-refractivity contribution in [1.82, 2.24) is 14.6 Å². The van der Waals surface area contributed by atoms with Crippen molar-refractivity contribution >= 4 is 11.6 Å².